The topological polar surface area (TPSA) is 25.4 Å². The molecule has 7 saturated heterocycles. The van der Waals surface area contributed by atoms with Crippen LogP contribution in [-0.4, -0.2) is 131 Å². The van der Waals surface area contributed by atoms with Crippen LogP contribution in [0.3, 0.4) is 0 Å². The van der Waals surface area contributed by atoms with E-state index in [0.29, 0.717) is 39.1 Å². The molecule has 12 aliphatic rings. The van der Waals surface area contributed by atoms with Crippen molar-refractivity contribution in [2.24, 2.45) is 51.2 Å². The first-order valence-electron chi connectivity index (χ1n) is 28.3. The molecular weight excluding hydrogens is 783 g/mol. The van der Waals surface area contributed by atoms with E-state index in [0.717, 1.165) is 53.1 Å². The Balaban J connectivity index is 0.000000108. The Labute approximate surface area is 396 Å². The zero-order valence-corrected chi connectivity index (χ0v) is 44.6. The van der Waals surface area contributed by atoms with Gasteiger partial charge in [0.15, 0.2) is 0 Å². The van der Waals surface area contributed by atoms with E-state index < -0.39 is 0 Å². The summed E-state index contributed by atoms with van der Waals surface area (Å²) in [5.41, 5.74) is 4.47. The van der Waals surface area contributed by atoms with Crippen molar-refractivity contribution < 1.29 is 4.74 Å². The summed E-state index contributed by atoms with van der Waals surface area (Å²) < 4.78 is 5.88. The Morgan fingerprint density at radius 3 is 1.28 bits per heavy atom. The molecule has 0 radical (unpaired) electrons. The highest BCUT2D eigenvalue weighted by Gasteiger charge is 2.58. The Kier molecular flexibility index (Phi) is 13.6. The molecule has 5 aliphatic carbocycles. The lowest BCUT2D eigenvalue weighted by Gasteiger charge is -2.46. The van der Waals surface area contributed by atoms with E-state index in [1.165, 1.54) is 155 Å². The van der Waals surface area contributed by atoms with E-state index in [1.54, 1.807) is 38.5 Å². The molecule has 7 aliphatic heterocycles. The summed E-state index contributed by atoms with van der Waals surface area (Å²) in [7, 11) is 0. The molecule has 6 unspecified atom stereocenters. The van der Waals surface area contributed by atoms with Crippen LogP contribution in [-0.2, 0) is 4.74 Å². The molecule has 0 aromatic carbocycles. The predicted octanol–water partition coefficient (Wildman–Crippen LogP) is 12.4. The third-order valence-electron chi connectivity index (χ3n) is 21.6. The summed E-state index contributed by atoms with van der Waals surface area (Å²) in [6.45, 7) is 42.7. The molecule has 7 atom stereocenters. The second-order valence-electron chi connectivity index (χ2n) is 29.6. The van der Waals surface area contributed by atoms with E-state index in [4.69, 9.17) is 4.74 Å². The Hall–Kier alpha value is -0.240. The van der Waals surface area contributed by atoms with Gasteiger partial charge in [0.25, 0.3) is 0 Å². The molecule has 0 N–H and O–H groups in total. The first-order valence-corrected chi connectivity index (χ1v) is 28.3. The van der Waals surface area contributed by atoms with Crippen molar-refractivity contribution in [1.82, 2.24) is 24.5 Å². The van der Waals surface area contributed by atoms with Gasteiger partial charge < -0.3 is 4.74 Å². The van der Waals surface area contributed by atoms with Gasteiger partial charge in [0.2, 0.25) is 0 Å². The third kappa shape index (κ3) is 10.7. The van der Waals surface area contributed by atoms with Gasteiger partial charge in [0.1, 0.15) is 0 Å². The fourth-order valence-corrected chi connectivity index (χ4v) is 16.9. The average molecular weight is 889 g/mol. The smallest absolute Gasteiger partial charge is 0.0609 e. The normalized spacial score (nSPS) is 37.6. The van der Waals surface area contributed by atoms with Gasteiger partial charge in [0.05, 0.1) is 6.10 Å². The Bertz CT molecular complexity index is 1450. The number of hydrogen-bond acceptors (Lipinski definition) is 6. The second kappa shape index (κ2) is 17.9. The second-order valence-corrected chi connectivity index (χ2v) is 29.6. The molecule has 0 aromatic rings. The minimum atomic E-state index is 0.354. The highest BCUT2D eigenvalue weighted by molar-refractivity contribution is 5.09. The predicted molar refractivity (Wildman–Crippen MR) is 270 cm³/mol. The zero-order chi connectivity index (χ0) is 45.6. The molecule has 0 bridgehead atoms. The van der Waals surface area contributed by atoms with Crippen LogP contribution in [0.1, 0.15) is 212 Å². The van der Waals surface area contributed by atoms with Crippen molar-refractivity contribution in [3.8, 4) is 0 Å². The molecule has 368 valence electrons. The highest BCUT2D eigenvalue weighted by Crippen LogP contribution is 2.66. The maximum atomic E-state index is 5.88. The first-order chi connectivity index (χ1) is 30.0. The first kappa shape index (κ1) is 48.8. The van der Waals surface area contributed by atoms with E-state index >= 15 is 0 Å². The molecule has 64 heavy (non-hydrogen) atoms. The van der Waals surface area contributed by atoms with E-state index in [2.05, 4.69) is 108 Å². The Morgan fingerprint density at radius 1 is 0.406 bits per heavy atom. The van der Waals surface area contributed by atoms with Crippen molar-refractivity contribution in [2.75, 3.05) is 72.1 Å². The van der Waals surface area contributed by atoms with Crippen LogP contribution in [0.4, 0.5) is 0 Å². The van der Waals surface area contributed by atoms with Gasteiger partial charge in [-0.2, -0.15) is 0 Å². The number of hydrogen-bond donors (Lipinski definition) is 0. The SMILES string of the molecule is CC(C)(C)N1CCC2(CC1)CC1CC1C2.CC(C)(C)N1CCC2(CC1)CC1CCCN1C2.CC(C)(C)N1CCC2(CC1)CC1CCO[C@@H]1C2.CC(C)(C)N1CCC2(CCC3CC32)CC1. The van der Waals surface area contributed by atoms with Gasteiger partial charge >= 0.3 is 0 Å². The van der Waals surface area contributed by atoms with Crippen LogP contribution in [0.2, 0.25) is 0 Å². The molecule has 7 heterocycles. The quantitative estimate of drug-likeness (QED) is 0.240. The number of fused-ring (bicyclic) bond motifs is 5. The lowest BCUT2D eigenvalue weighted by atomic mass is 9.73. The lowest BCUT2D eigenvalue weighted by Crippen LogP contribution is -2.49. The largest absolute Gasteiger partial charge is 0.378 e. The number of ether oxygens (including phenoxy) is 1. The maximum Gasteiger partial charge on any atom is 0.0609 e. The molecule has 6 nitrogen and oxygen atoms in total. The van der Waals surface area contributed by atoms with Crippen LogP contribution in [0.25, 0.3) is 0 Å². The maximum absolute atomic E-state index is 5.88. The molecule has 4 spiro atoms. The van der Waals surface area contributed by atoms with Crippen molar-refractivity contribution in [3.63, 3.8) is 0 Å². The van der Waals surface area contributed by atoms with Gasteiger partial charge in [-0.15, -0.1) is 0 Å². The van der Waals surface area contributed by atoms with Crippen LogP contribution in [0.5, 0.6) is 0 Å². The molecule has 6 heteroatoms. The van der Waals surface area contributed by atoms with Crippen LogP contribution < -0.4 is 0 Å². The van der Waals surface area contributed by atoms with E-state index in [1.807, 2.05) is 0 Å². The van der Waals surface area contributed by atoms with Gasteiger partial charge in [-0.1, -0.05) is 0 Å². The third-order valence-corrected chi connectivity index (χ3v) is 21.6. The van der Waals surface area contributed by atoms with Gasteiger partial charge in [-0.25, -0.2) is 0 Å². The van der Waals surface area contributed by atoms with Crippen LogP contribution in [0, 0.1) is 51.2 Å². The summed E-state index contributed by atoms with van der Waals surface area (Å²) in [5.74, 6) is 5.53. The lowest BCUT2D eigenvalue weighted by molar-refractivity contribution is 0.0269. The number of rotatable bonds is 0. The minimum absolute atomic E-state index is 0.354. The van der Waals surface area contributed by atoms with Crippen molar-refractivity contribution in [2.45, 2.75) is 246 Å². The van der Waals surface area contributed by atoms with Gasteiger partial charge in [0, 0.05) is 41.3 Å². The summed E-state index contributed by atoms with van der Waals surface area (Å²) >= 11 is 0. The molecule has 12 rings (SSSR count). The van der Waals surface area contributed by atoms with Crippen molar-refractivity contribution in [1.29, 1.82) is 0 Å². The fourth-order valence-electron chi connectivity index (χ4n) is 16.9. The summed E-state index contributed by atoms with van der Waals surface area (Å²) in [5, 5.41) is 0. The molecule has 5 saturated carbocycles. The summed E-state index contributed by atoms with van der Waals surface area (Å²) in [6.07, 6.45) is 30.3. The van der Waals surface area contributed by atoms with E-state index in [-0.39, 0.29) is 0 Å². The highest BCUT2D eigenvalue weighted by atomic mass is 16.5. The molecule has 0 amide bonds. The number of piperidine rings is 4. The standard InChI is InChI=1S/C15H28N2.C15H27NO.2C14H25N/c1-14(2,3)17-9-6-15(7-10-17)11-13-5-4-8-16(13)12-15;1-14(2,3)16-7-5-15(6-8-16)10-12-4-9-17-13(12)11-15;1-13(2,3)15-6-4-14(5-7-15)9-11-8-12(11)10-14;1-13(2,3)15-8-6-14(7-9-15)5-4-11-10-12(11)14/h13H,4-12H2,1-3H3;12-13H,4-11H2,1-3H3;2*11-12H,4-10H2,1-3H3/t;12?,13-;;/m.1../s1. The van der Waals surface area contributed by atoms with Crippen LogP contribution in [0.15, 0.2) is 0 Å². The van der Waals surface area contributed by atoms with Crippen molar-refractivity contribution in [3.05, 3.63) is 0 Å². The minimum Gasteiger partial charge on any atom is -0.378 e. The van der Waals surface area contributed by atoms with E-state index in [9.17, 15) is 0 Å². The monoisotopic (exact) mass is 888 g/mol. The zero-order valence-electron chi connectivity index (χ0n) is 44.6. The van der Waals surface area contributed by atoms with Gasteiger partial charge in [-0.05, 0) is 322 Å². The van der Waals surface area contributed by atoms with Crippen molar-refractivity contribution >= 4 is 0 Å². The fraction of sp³-hybridized carbons (Fsp3) is 1.00. The number of nitrogens with zero attached hydrogens (tertiary/aromatic N) is 5. The molecule has 0 aromatic heterocycles. The summed E-state index contributed by atoms with van der Waals surface area (Å²) in [4.78, 5) is 13.5. The molecular formula is C58H105N5O. The van der Waals surface area contributed by atoms with Gasteiger partial charge in [-0.3, -0.25) is 24.5 Å². The van der Waals surface area contributed by atoms with Crippen LogP contribution >= 0.6 is 0 Å². The average Bonchev–Trinajstić information content (AvgIpc) is 3.66. The summed E-state index contributed by atoms with van der Waals surface area (Å²) in [6, 6.07) is 0.955. The number of likely N-dealkylation sites (tertiary alicyclic amines) is 4. The molecule has 12 fully saturated rings. The Morgan fingerprint density at radius 2 is 0.859 bits per heavy atom.